The van der Waals surface area contributed by atoms with Crippen molar-refractivity contribution in [1.82, 2.24) is 34.1 Å². The summed E-state index contributed by atoms with van der Waals surface area (Å²) >= 11 is 12.7. The SMILES string of the molecule is CC[C@@H](C)n1ncn(-c2ccc(N3CCN(c4ccc(OC[C@@H]5CO[C@@](Cn6cncn6)(c6ccc(Cl)cc6Cl)O5)cc4)CC3)nc2)c1=O. The van der Waals surface area contributed by atoms with Crippen LogP contribution < -0.4 is 20.2 Å². The Kier molecular flexibility index (Phi) is 9.59. The van der Waals surface area contributed by atoms with Gasteiger partial charge >= 0.3 is 5.69 Å². The lowest BCUT2D eigenvalue weighted by molar-refractivity contribution is -0.190. The smallest absolute Gasteiger partial charge is 0.350 e. The fraction of sp³-hybridized carbons (Fsp3) is 0.382. The molecule has 0 bridgehead atoms. The zero-order chi connectivity index (χ0) is 34.0. The molecule has 49 heavy (non-hydrogen) atoms. The molecule has 0 radical (unpaired) electrons. The lowest BCUT2D eigenvalue weighted by atomic mass is 10.1. The maximum absolute atomic E-state index is 12.8. The molecule has 15 heteroatoms. The van der Waals surface area contributed by atoms with E-state index in [2.05, 4.69) is 42.1 Å². The van der Waals surface area contributed by atoms with Crippen LogP contribution in [0.25, 0.3) is 5.69 Å². The molecule has 0 N–H and O–H groups in total. The van der Waals surface area contributed by atoms with Crippen LogP contribution in [0.3, 0.4) is 0 Å². The Balaban J connectivity index is 0.925. The summed E-state index contributed by atoms with van der Waals surface area (Å²) in [6.07, 6.45) is 6.85. The molecule has 2 saturated heterocycles. The van der Waals surface area contributed by atoms with Crippen molar-refractivity contribution < 1.29 is 14.2 Å². The minimum atomic E-state index is -1.16. The van der Waals surface area contributed by atoms with Gasteiger partial charge in [-0.1, -0.05) is 36.2 Å². The van der Waals surface area contributed by atoms with E-state index in [9.17, 15) is 4.79 Å². The van der Waals surface area contributed by atoms with Crippen LogP contribution in [0.15, 0.2) is 84.6 Å². The third-order valence-corrected chi connectivity index (χ3v) is 9.54. The summed E-state index contributed by atoms with van der Waals surface area (Å²) in [5.74, 6) is 0.461. The van der Waals surface area contributed by atoms with Gasteiger partial charge in [0.15, 0.2) is 0 Å². The first kappa shape index (κ1) is 33.1. The highest BCUT2D eigenvalue weighted by molar-refractivity contribution is 6.35. The molecule has 2 aromatic carbocycles. The second kappa shape index (κ2) is 14.2. The molecule has 7 rings (SSSR count). The predicted molar refractivity (Wildman–Crippen MR) is 186 cm³/mol. The average molecular weight is 707 g/mol. The quantitative estimate of drug-likeness (QED) is 0.186. The van der Waals surface area contributed by atoms with Crippen LogP contribution in [0.1, 0.15) is 31.9 Å². The van der Waals surface area contributed by atoms with Crippen molar-refractivity contribution in [3.05, 3.63) is 106 Å². The number of nitrogens with zero attached hydrogens (tertiary/aromatic N) is 9. The van der Waals surface area contributed by atoms with Gasteiger partial charge < -0.3 is 24.0 Å². The fourth-order valence-corrected chi connectivity index (χ4v) is 6.65. The minimum Gasteiger partial charge on any atom is -0.491 e. The number of hydrogen-bond acceptors (Lipinski definition) is 10. The van der Waals surface area contributed by atoms with Gasteiger partial charge in [0.2, 0.25) is 5.79 Å². The summed E-state index contributed by atoms with van der Waals surface area (Å²) in [7, 11) is 0. The molecular weight excluding hydrogens is 669 g/mol. The van der Waals surface area contributed by atoms with Gasteiger partial charge in [-0.2, -0.15) is 10.2 Å². The molecule has 5 aromatic rings. The van der Waals surface area contributed by atoms with E-state index in [1.807, 2.05) is 44.2 Å². The molecule has 0 unspecified atom stereocenters. The topological polar surface area (TPSA) is 118 Å². The molecule has 0 amide bonds. The minimum absolute atomic E-state index is 0.0441. The van der Waals surface area contributed by atoms with Crippen molar-refractivity contribution in [3.63, 3.8) is 0 Å². The molecule has 3 aromatic heterocycles. The fourth-order valence-electron chi connectivity index (χ4n) is 6.10. The lowest BCUT2D eigenvalue weighted by Crippen LogP contribution is -2.46. The van der Waals surface area contributed by atoms with E-state index in [1.54, 1.807) is 35.7 Å². The second-order valence-corrected chi connectivity index (χ2v) is 13.0. The van der Waals surface area contributed by atoms with E-state index in [0.717, 1.165) is 49.9 Å². The third kappa shape index (κ3) is 7.02. The van der Waals surface area contributed by atoms with E-state index in [4.69, 9.17) is 37.4 Å². The summed E-state index contributed by atoms with van der Waals surface area (Å²) in [4.78, 5) is 26.1. The van der Waals surface area contributed by atoms with Gasteiger partial charge in [-0.15, -0.1) is 0 Å². The molecule has 0 spiro atoms. The summed E-state index contributed by atoms with van der Waals surface area (Å²) in [6.45, 7) is 8.23. The van der Waals surface area contributed by atoms with E-state index >= 15 is 0 Å². The molecule has 2 aliphatic heterocycles. The Hall–Kier alpha value is -4.43. The van der Waals surface area contributed by atoms with E-state index in [1.165, 1.54) is 15.6 Å². The summed E-state index contributed by atoms with van der Waals surface area (Å²) < 4.78 is 23.5. The highest BCUT2D eigenvalue weighted by Gasteiger charge is 2.45. The van der Waals surface area contributed by atoms with E-state index in [-0.39, 0.29) is 24.4 Å². The largest absolute Gasteiger partial charge is 0.491 e. The summed E-state index contributed by atoms with van der Waals surface area (Å²) in [6, 6.07) is 17.3. The normalized spacial score (nSPS) is 20.1. The van der Waals surface area contributed by atoms with E-state index < -0.39 is 5.79 Å². The molecule has 0 aliphatic carbocycles. The molecule has 3 atom stereocenters. The number of piperazine rings is 1. The first-order valence-electron chi connectivity index (χ1n) is 16.3. The first-order valence-corrected chi connectivity index (χ1v) is 17.0. The summed E-state index contributed by atoms with van der Waals surface area (Å²) in [5, 5.41) is 9.47. The van der Waals surface area contributed by atoms with Crippen LogP contribution in [0.4, 0.5) is 11.5 Å². The number of ether oxygens (including phenoxy) is 3. The molecule has 13 nitrogen and oxygen atoms in total. The van der Waals surface area contributed by atoms with Crippen LogP contribution in [0.2, 0.25) is 10.0 Å². The highest BCUT2D eigenvalue weighted by Crippen LogP contribution is 2.40. The zero-order valence-electron chi connectivity index (χ0n) is 27.2. The number of aromatic nitrogens is 7. The van der Waals surface area contributed by atoms with Gasteiger partial charge in [-0.3, -0.25) is 0 Å². The Labute approximate surface area is 293 Å². The van der Waals surface area contributed by atoms with Crippen LogP contribution in [0, 0.1) is 0 Å². The van der Waals surface area contributed by atoms with Crippen molar-refractivity contribution in [2.45, 2.75) is 44.7 Å². The average Bonchev–Trinajstić information content (AvgIpc) is 3.88. The van der Waals surface area contributed by atoms with Gasteiger partial charge in [0.05, 0.1) is 29.6 Å². The van der Waals surface area contributed by atoms with Crippen LogP contribution in [-0.2, 0) is 21.8 Å². The Morgan fingerprint density at radius 2 is 1.76 bits per heavy atom. The molecule has 5 heterocycles. The lowest BCUT2D eigenvalue weighted by Gasteiger charge is -2.36. The number of pyridine rings is 1. The second-order valence-electron chi connectivity index (χ2n) is 12.2. The van der Waals surface area contributed by atoms with Crippen molar-refractivity contribution in [1.29, 1.82) is 0 Å². The van der Waals surface area contributed by atoms with Crippen LogP contribution >= 0.6 is 23.2 Å². The molecule has 256 valence electrons. The van der Waals surface area contributed by atoms with Crippen molar-refractivity contribution in [2.75, 3.05) is 49.2 Å². The Bertz CT molecular complexity index is 1910. The van der Waals surface area contributed by atoms with E-state index in [0.29, 0.717) is 34.5 Å². The molecule has 0 saturated carbocycles. The van der Waals surface area contributed by atoms with Gasteiger partial charge in [0.25, 0.3) is 0 Å². The van der Waals surface area contributed by atoms with Gasteiger partial charge in [-0.05, 0) is 61.9 Å². The molecule has 2 aliphatic rings. The number of anilines is 2. The summed E-state index contributed by atoms with van der Waals surface area (Å²) in [5.41, 5.74) is 2.33. The van der Waals surface area contributed by atoms with Crippen molar-refractivity contribution in [2.24, 2.45) is 0 Å². The van der Waals surface area contributed by atoms with Crippen LogP contribution in [-0.4, -0.2) is 79.6 Å². The standard InChI is InChI=1S/C34H37Cl2N9O4/c1-3-24(2)45-33(46)44(23-40-45)27-7-11-32(38-17-27)42-14-12-41(13-15-42)26-5-8-28(9-6-26)47-18-29-19-48-34(49-29,20-43-22-37-21-39-43)30-10-4-25(35)16-31(30)36/h4-11,16-17,21-24,29H,3,12-15,18-20H2,1-2H3/t24-,29-,34-/m1/s1. The van der Waals surface area contributed by atoms with Gasteiger partial charge in [0.1, 0.15) is 49.8 Å². The predicted octanol–water partition coefficient (Wildman–Crippen LogP) is 4.97. The maximum Gasteiger partial charge on any atom is 0.350 e. The third-order valence-electron chi connectivity index (χ3n) is 8.99. The Morgan fingerprint density at radius 1 is 0.980 bits per heavy atom. The van der Waals surface area contributed by atoms with Crippen molar-refractivity contribution >= 4 is 34.7 Å². The highest BCUT2D eigenvalue weighted by atomic mass is 35.5. The number of halogens is 2. The van der Waals surface area contributed by atoms with Gasteiger partial charge in [0, 0.05) is 42.5 Å². The zero-order valence-corrected chi connectivity index (χ0v) is 28.7. The number of benzene rings is 2. The first-order chi connectivity index (χ1) is 23.8. The molecule has 2 fully saturated rings. The van der Waals surface area contributed by atoms with Gasteiger partial charge in [-0.25, -0.2) is 28.7 Å². The Morgan fingerprint density at radius 3 is 2.45 bits per heavy atom. The number of hydrogen-bond donors (Lipinski definition) is 0. The molecular formula is C34H37Cl2N9O4. The van der Waals surface area contributed by atoms with Crippen molar-refractivity contribution in [3.8, 4) is 11.4 Å². The monoisotopic (exact) mass is 705 g/mol. The number of rotatable bonds is 11. The van der Waals surface area contributed by atoms with Crippen LogP contribution in [0.5, 0.6) is 5.75 Å². The maximum atomic E-state index is 12.8.